The molecule has 2 aromatic carbocycles. The molecule has 42 heavy (non-hydrogen) atoms. The Labute approximate surface area is 241 Å². The number of carbonyl (C=O) groups is 2. The third-order valence-corrected chi connectivity index (χ3v) is 7.51. The molecule has 0 fully saturated rings. The number of anilines is 1. The van der Waals surface area contributed by atoms with E-state index in [0.29, 0.717) is 16.8 Å². The minimum absolute atomic E-state index is 0.0326. The van der Waals surface area contributed by atoms with Gasteiger partial charge in [-0.3, -0.25) is 19.0 Å². The third-order valence-electron chi connectivity index (χ3n) is 7.51. The number of carbonyl (C=O) groups excluding carboxylic acids is 2. The van der Waals surface area contributed by atoms with E-state index >= 15 is 0 Å². The van der Waals surface area contributed by atoms with Gasteiger partial charge in [0.1, 0.15) is 30.4 Å². The summed E-state index contributed by atoms with van der Waals surface area (Å²) in [5.74, 6) is -3.12. The summed E-state index contributed by atoms with van der Waals surface area (Å²) in [5.41, 5.74) is -0.0261. The molecular weight excluding hydrogens is 550 g/mol. The summed E-state index contributed by atoms with van der Waals surface area (Å²) in [5, 5.41) is 5.41. The average Bonchev–Trinajstić information content (AvgIpc) is 2.95. The van der Waals surface area contributed by atoms with E-state index < -0.39 is 46.2 Å². The molecule has 1 aromatic heterocycles. The fourth-order valence-electron chi connectivity index (χ4n) is 4.81. The lowest BCUT2D eigenvalue weighted by Gasteiger charge is -2.26. The first kappa shape index (κ1) is 30.5. The van der Waals surface area contributed by atoms with E-state index in [-0.39, 0.29) is 48.4 Å². The molecule has 0 bridgehead atoms. The van der Waals surface area contributed by atoms with Gasteiger partial charge in [-0.15, -0.1) is 0 Å². The molecule has 1 aliphatic rings. The van der Waals surface area contributed by atoms with Gasteiger partial charge >= 0.3 is 5.69 Å². The highest BCUT2D eigenvalue weighted by Crippen LogP contribution is 2.42. The van der Waals surface area contributed by atoms with Crippen LogP contribution < -0.4 is 31.4 Å². The molecular formula is C30H34F2N4O6. The summed E-state index contributed by atoms with van der Waals surface area (Å²) in [7, 11) is 2.94. The van der Waals surface area contributed by atoms with Crippen LogP contribution in [0.5, 0.6) is 11.5 Å². The Morgan fingerprint density at radius 1 is 1.02 bits per heavy atom. The van der Waals surface area contributed by atoms with Crippen LogP contribution >= 0.6 is 0 Å². The highest BCUT2D eigenvalue weighted by molar-refractivity contribution is 5.98. The van der Waals surface area contributed by atoms with Crippen LogP contribution in [0.4, 0.5) is 14.5 Å². The quantitative estimate of drug-likeness (QED) is 0.396. The van der Waals surface area contributed by atoms with Crippen molar-refractivity contribution >= 4 is 17.4 Å². The smallest absolute Gasteiger partial charge is 0.330 e. The van der Waals surface area contributed by atoms with Crippen molar-refractivity contribution in [2.24, 2.45) is 14.1 Å². The molecule has 4 rings (SSSR count). The van der Waals surface area contributed by atoms with Crippen molar-refractivity contribution in [3.63, 3.8) is 0 Å². The van der Waals surface area contributed by atoms with Crippen LogP contribution in [0.1, 0.15) is 48.8 Å². The number of hydrogen-bond acceptors (Lipinski definition) is 7. The highest BCUT2D eigenvalue weighted by atomic mass is 19.1. The molecule has 0 saturated heterocycles. The van der Waals surface area contributed by atoms with Crippen molar-refractivity contribution in [1.82, 2.24) is 14.5 Å². The molecule has 224 valence electrons. The Kier molecular flexibility index (Phi) is 8.83. The summed E-state index contributed by atoms with van der Waals surface area (Å²) in [6.45, 7) is 7.07. The maximum atomic E-state index is 14.9. The van der Waals surface area contributed by atoms with Crippen LogP contribution in [0.3, 0.4) is 0 Å². The largest absolute Gasteiger partial charge is 0.486 e. The van der Waals surface area contributed by atoms with Crippen LogP contribution in [-0.2, 0) is 25.3 Å². The van der Waals surface area contributed by atoms with E-state index in [1.54, 1.807) is 26.1 Å². The van der Waals surface area contributed by atoms with E-state index in [2.05, 4.69) is 10.6 Å². The number of rotatable bonds is 9. The van der Waals surface area contributed by atoms with E-state index in [1.807, 2.05) is 13.8 Å². The molecule has 3 aromatic rings. The first-order valence-corrected chi connectivity index (χ1v) is 13.6. The molecule has 1 amide bonds. The number of nitrogens with zero attached hydrogens (tertiary/aromatic N) is 2. The summed E-state index contributed by atoms with van der Waals surface area (Å²) in [6, 6.07) is 4.15. The number of ketones is 1. The predicted molar refractivity (Wildman–Crippen MR) is 153 cm³/mol. The summed E-state index contributed by atoms with van der Waals surface area (Å²) >= 11 is 0. The van der Waals surface area contributed by atoms with E-state index in [0.717, 1.165) is 23.1 Å². The van der Waals surface area contributed by atoms with Crippen molar-refractivity contribution in [2.45, 2.75) is 52.6 Å². The molecule has 0 aliphatic carbocycles. The molecule has 2 N–H and O–H groups in total. The van der Waals surface area contributed by atoms with Gasteiger partial charge in [-0.2, -0.15) is 0 Å². The van der Waals surface area contributed by atoms with Gasteiger partial charge in [-0.05, 0) is 45.4 Å². The van der Waals surface area contributed by atoms with Crippen molar-refractivity contribution < 1.29 is 27.8 Å². The first-order valence-electron chi connectivity index (χ1n) is 13.6. The zero-order valence-corrected chi connectivity index (χ0v) is 24.4. The van der Waals surface area contributed by atoms with Gasteiger partial charge in [0, 0.05) is 49.1 Å². The molecule has 2 atom stereocenters. The van der Waals surface area contributed by atoms with Crippen LogP contribution in [0.25, 0.3) is 11.1 Å². The number of nitrogens with one attached hydrogen (secondary N) is 2. The summed E-state index contributed by atoms with van der Waals surface area (Å²) < 4.78 is 43.9. The second kappa shape index (κ2) is 12.2. The number of hydrogen-bond donors (Lipinski definition) is 2. The number of benzene rings is 2. The topological polar surface area (TPSA) is 121 Å². The van der Waals surface area contributed by atoms with Crippen molar-refractivity contribution in [1.29, 1.82) is 0 Å². The first-order chi connectivity index (χ1) is 19.8. The normalized spacial score (nSPS) is 13.8. The minimum atomic E-state index is -1.15. The number of Topliss-reactive ketones (excluding diaryl/α,β-unsaturated/α-hetero) is 1. The average molecular weight is 585 g/mol. The van der Waals surface area contributed by atoms with Gasteiger partial charge in [0.25, 0.3) is 11.5 Å². The molecule has 1 aliphatic heterocycles. The Balaban J connectivity index is 1.68. The molecule has 0 radical (unpaired) electrons. The Hall–Kier alpha value is -4.48. The monoisotopic (exact) mass is 584 g/mol. The highest BCUT2D eigenvalue weighted by Gasteiger charge is 2.29. The van der Waals surface area contributed by atoms with Crippen LogP contribution in [0.15, 0.2) is 33.9 Å². The maximum Gasteiger partial charge on any atom is 0.330 e. The second-order valence-electron chi connectivity index (χ2n) is 10.4. The van der Waals surface area contributed by atoms with Gasteiger partial charge in [0.15, 0.2) is 17.3 Å². The second-order valence-corrected chi connectivity index (χ2v) is 10.4. The maximum absolute atomic E-state index is 14.9. The lowest BCUT2D eigenvalue weighted by molar-refractivity contribution is -0.118. The zero-order chi connectivity index (χ0) is 30.9. The van der Waals surface area contributed by atoms with Crippen molar-refractivity contribution in [3.8, 4) is 22.6 Å². The lowest BCUT2D eigenvalue weighted by Crippen LogP contribution is -2.42. The molecule has 0 saturated carbocycles. The van der Waals surface area contributed by atoms with Crippen LogP contribution in [0, 0.1) is 18.6 Å². The number of halogens is 2. The van der Waals surface area contributed by atoms with Gasteiger partial charge in [-0.1, -0.05) is 13.0 Å². The van der Waals surface area contributed by atoms with E-state index in [1.165, 1.54) is 18.5 Å². The van der Waals surface area contributed by atoms with Gasteiger partial charge in [0.05, 0.1) is 11.6 Å². The third kappa shape index (κ3) is 5.79. The molecule has 0 spiro atoms. The van der Waals surface area contributed by atoms with Gasteiger partial charge < -0.3 is 24.7 Å². The standard InChI is InChI=1S/C30H34F2N4O6/c1-7-15(2)33-19-13-21(31)25(22(32)14-19)28(38)34-23(17(4)37)12-18-8-9-20(27-26(18)41-10-11-42-27)24-16(3)35(5)30(40)36(6)29(24)39/h8-9,13-15,23,33H,7,10-12H2,1-6H3,(H,34,38)/t15-,23-/m0/s1. The summed E-state index contributed by atoms with van der Waals surface area (Å²) in [6.07, 6.45) is 0.653. The van der Waals surface area contributed by atoms with Crippen molar-refractivity contribution in [3.05, 3.63) is 73.6 Å². The molecule has 12 heteroatoms. The number of aromatic nitrogens is 2. The Morgan fingerprint density at radius 3 is 2.24 bits per heavy atom. The zero-order valence-electron chi connectivity index (χ0n) is 24.4. The summed E-state index contributed by atoms with van der Waals surface area (Å²) in [4.78, 5) is 51.1. The van der Waals surface area contributed by atoms with Crippen LogP contribution in [-0.4, -0.2) is 46.1 Å². The Morgan fingerprint density at radius 2 is 1.64 bits per heavy atom. The molecule has 10 nitrogen and oxygen atoms in total. The van der Waals surface area contributed by atoms with Gasteiger partial charge in [0.2, 0.25) is 0 Å². The van der Waals surface area contributed by atoms with E-state index in [4.69, 9.17) is 9.47 Å². The van der Waals surface area contributed by atoms with Crippen LogP contribution in [0.2, 0.25) is 0 Å². The number of amides is 1. The predicted octanol–water partition coefficient (Wildman–Crippen LogP) is 3.25. The fraction of sp³-hybridized carbons (Fsp3) is 0.400. The number of ether oxygens (including phenoxy) is 2. The van der Waals surface area contributed by atoms with Gasteiger partial charge in [-0.25, -0.2) is 13.6 Å². The minimum Gasteiger partial charge on any atom is -0.486 e. The SMILES string of the molecule is CC[C@H](C)Nc1cc(F)c(C(=O)N[C@@H](Cc2ccc(-c3c(C)n(C)c(=O)n(C)c3=O)c3c2OCCO3)C(C)=O)c(F)c1. The van der Waals surface area contributed by atoms with E-state index in [9.17, 15) is 28.0 Å². The number of fused-ring (bicyclic) bond motifs is 1. The van der Waals surface area contributed by atoms with Crippen molar-refractivity contribution in [2.75, 3.05) is 18.5 Å². The lowest BCUT2D eigenvalue weighted by atomic mass is 9.96. The molecule has 2 heterocycles. The Bertz CT molecular complexity index is 1660. The molecule has 0 unspecified atom stereocenters. The fourth-order valence-corrected chi connectivity index (χ4v) is 4.81.